The van der Waals surface area contributed by atoms with Gasteiger partial charge in [-0.3, -0.25) is 0 Å². The molecule has 3 aromatic rings. The van der Waals surface area contributed by atoms with E-state index in [-0.39, 0.29) is 5.82 Å². The van der Waals surface area contributed by atoms with Gasteiger partial charge >= 0.3 is 0 Å². The standard InChI is InChI=1S/C21H23FN/c1-12-7-8-17-11-14(3)23(6)21(19(17)9-12)18-10-13(2)20(22)16(5)15(18)4/h7-11H,1-6H3/q+1/i11D. The van der Waals surface area contributed by atoms with E-state index >= 15 is 0 Å². The summed E-state index contributed by atoms with van der Waals surface area (Å²) in [6.07, 6.45) is 0. The largest absolute Gasteiger partial charge is 0.220 e. The van der Waals surface area contributed by atoms with Crippen molar-refractivity contribution in [1.82, 2.24) is 0 Å². The van der Waals surface area contributed by atoms with E-state index < -0.39 is 0 Å². The average Bonchev–Trinajstić information content (AvgIpc) is 2.55. The van der Waals surface area contributed by atoms with Crippen LogP contribution in [0.25, 0.3) is 22.0 Å². The van der Waals surface area contributed by atoms with Gasteiger partial charge in [-0.1, -0.05) is 17.7 Å². The van der Waals surface area contributed by atoms with Crippen molar-refractivity contribution in [2.45, 2.75) is 34.6 Å². The summed E-state index contributed by atoms with van der Waals surface area (Å²) in [5.41, 5.74) is 6.44. The number of halogens is 1. The van der Waals surface area contributed by atoms with Crippen molar-refractivity contribution >= 4 is 10.8 Å². The number of hydrogen-bond acceptors (Lipinski definition) is 0. The van der Waals surface area contributed by atoms with Gasteiger partial charge in [0.1, 0.15) is 12.9 Å². The van der Waals surface area contributed by atoms with Crippen LogP contribution >= 0.6 is 0 Å². The minimum Gasteiger partial charge on any atom is -0.206 e. The summed E-state index contributed by atoms with van der Waals surface area (Å²) < 4.78 is 24.8. The van der Waals surface area contributed by atoms with Gasteiger partial charge in [0, 0.05) is 13.0 Å². The monoisotopic (exact) mass is 309 g/mol. The highest BCUT2D eigenvalue weighted by molar-refractivity contribution is 5.94. The van der Waals surface area contributed by atoms with Gasteiger partial charge < -0.3 is 0 Å². The second kappa shape index (κ2) is 5.45. The second-order valence-electron chi connectivity index (χ2n) is 6.47. The molecule has 2 heteroatoms. The van der Waals surface area contributed by atoms with E-state index in [4.69, 9.17) is 1.37 Å². The third-order valence-corrected chi connectivity index (χ3v) is 4.84. The quantitative estimate of drug-likeness (QED) is 0.556. The Kier molecular flexibility index (Phi) is 3.41. The lowest BCUT2D eigenvalue weighted by atomic mass is 9.93. The molecule has 0 aliphatic heterocycles. The number of pyridine rings is 1. The molecule has 1 nitrogen and oxygen atoms in total. The maximum absolute atomic E-state index is 14.3. The van der Waals surface area contributed by atoms with Crippen molar-refractivity contribution in [3.8, 4) is 11.3 Å². The molecule has 0 amide bonds. The smallest absolute Gasteiger partial charge is 0.206 e. The van der Waals surface area contributed by atoms with E-state index in [2.05, 4.69) is 17.6 Å². The minimum absolute atomic E-state index is 0.131. The SMILES string of the molecule is [2H]c1c(C)[n+](C)c(-c2cc(C)c(F)c(C)c2C)c2cc(C)ccc12. The van der Waals surface area contributed by atoms with Gasteiger partial charge in [-0.05, 0) is 61.9 Å². The molecule has 0 aliphatic carbocycles. The zero-order chi connectivity index (χ0) is 17.8. The molecule has 2 aromatic carbocycles. The Morgan fingerprint density at radius 3 is 2.39 bits per heavy atom. The van der Waals surface area contributed by atoms with Crippen LogP contribution in [0.2, 0.25) is 0 Å². The molecule has 0 spiro atoms. The number of fused-ring (bicyclic) bond motifs is 1. The van der Waals surface area contributed by atoms with Gasteiger partial charge in [0.05, 0.1) is 12.3 Å². The first-order valence-corrected chi connectivity index (χ1v) is 7.90. The Hall–Kier alpha value is -2.22. The van der Waals surface area contributed by atoms with Crippen molar-refractivity contribution in [3.63, 3.8) is 0 Å². The zero-order valence-corrected chi connectivity index (χ0v) is 14.6. The second-order valence-corrected chi connectivity index (χ2v) is 6.47. The summed E-state index contributed by atoms with van der Waals surface area (Å²) in [4.78, 5) is 0. The van der Waals surface area contributed by atoms with Crippen LogP contribution in [0.5, 0.6) is 0 Å². The molecule has 0 atom stereocenters. The highest BCUT2D eigenvalue weighted by Gasteiger charge is 2.22. The lowest BCUT2D eigenvalue weighted by Crippen LogP contribution is -2.35. The summed E-state index contributed by atoms with van der Waals surface area (Å²) >= 11 is 0. The van der Waals surface area contributed by atoms with Crippen LogP contribution in [-0.2, 0) is 7.05 Å². The van der Waals surface area contributed by atoms with E-state index in [9.17, 15) is 4.39 Å². The first-order valence-electron chi connectivity index (χ1n) is 8.40. The Labute approximate surface area is 138 Å². The predicted octanol–water partition coefficient (Wildman–Crippen LogP) is 5.01. The topological polar surface area (TPSA) is 3.88 Å². The highest BCUT2D eigenvalue weighted by atomic mass is 19.1. The number of aryl methyl sites for hydroxylation is 2. The third-order valence-electron chi connectivity index (χ3n) is 4.84. The van der Waals surface area contributed by atoms with Gasteiger partial charge in [0.2, 0.25) is 5.69 Å². The Bertz CT molecular complexity index is 990. The van der Waals surface area contributed by atoms with E-state index in [0.717, 1.165) is 38.9 Å². The molecule has 1 heterocycles. The molecule has 0 saturated heterocycles. The maximum Gasteiger partial charge on any atom is 0.220 e. The van der Waals surface area contributed by atoms with Crippen LogP contribution < -0.4 is 4.57 Å². The molecule has 0 radical (unpaired) electrons. The summed E-state index contributed by atoms with van der Waals surface area (Å²) in [6, 6.07) is 8.65. The molecule has 0 N–H and O–H groups in total. The summed E-state index contributed by atoms with van der Waals surface area (Å²) in [5, 5.41) is 1.98. The van der Waals surface area contributed by atoms with Gasteiger partial charge in [0.15, 0.2) is 5.69 Å². The first kappa shape index (κ1) is 14.4. The van der Waals surface area contributed by atoms with Crippen molar-refractivity contribution in [3.05, 3.63) is 64.1 Å². The molecule has 1 aromatic heterocycles. The fraction of sp³-hybridized carbons (Fsp3) is 0.286. The molecule has 0 unspecified atom stereocenters. The fourth-order valence-electron chi connectivity index (χ4n) is 3.21. The number of benzene rings is 2. The van der Waals surface area contributed by atoms with Crippen LogP contribution in [0.15, 0.2) is 30.3 Å². The van der Waals surface area contributed by atoms with Gasteiger partial charge in [-0.25, -0.2) is 4.39 Å². The van der Waals surface area contributed by atoms with Gasteiger partial charge in [-0.15, -0.1) is 0 Å². The molecule has 23 heavy (non-hydrogen) atoms. The zero-order valence-electron chi connectivity index (χ0n) is 15.6. The minimum atomic E-state index is -0.131. The van der Waals surface area contributed by atoms with Gasteiger partial charge in [-0.2, -0.15) is 4.57 Å². The lowest BCUT2D eigenvalue weighted by Gasteiger charge is -2.14. The Morgan fingerprint density at radius 1 is 1.00 bits per heavy atom. The number of hydrogen-bond donors (Lipinski definition) is 0. The van der Waals surface area contributed by atoms with E-state index in [1.807, 2.05) is 52.9 Å². The lowest BCUT2D eigenvalue weighted by molar-refractivity contribution is -0.665. The van der Waals surface area contributed by atoms with Crippen LogP contribution in [0, 0.1) is 40.4 Å². The van der Waals surface area contributed by atoms with E-state index in [0.29, 0.717) is 17.2 Å². The molecular weight excluding hydrogens is 285 g/mol. The molecule has 0 saturated carbocycles. The highest BCUT2D eigenvalue weighted by Crippen LogP contribution is 2.32. The summed E-state index contributed by atoms with van der Waals surface area (Å²) in [5.74, 6) is -0.131. The number of nitrogens with zero attached hydrogens (tertiary/aromatic N) is 1. The average molecular weight is 309 g/mol. The predicted molar refractivity (Wildman–Crippen MR) is 94.2 cm³/mol. The third kappa shape index (κ3) is 2.42. The van der Waals surface area contributed by atoms with Crippen LogP contribution in [-0.4, -0.2) is 0 Å². The van der Waals surface area contributed by atoms with Crippen LogP contribution in [0.4, 0.5) is 4.39 Å². The van der Waals surface area contributed by atoms with Crippen molar-refractivity contribution < 1.29 is 10.3 Å². The van der Waals surface area contributed by atoms with E-state index in [1.165, 1.54) is 0 Å². The summed E-state index contributed by atoms with van der Waals surface area (Å²) in [6.45, 7) is 9.63. The number of rotatable bonds is 1. The Balaban J connectivity index is 2.54. The molecular formula is C21H23FN+. The summed E-state index contributed by atoms with van der Waals surface area (Å²) in [7, 11) is 1.98. The van der Waals surface area contributed by atoms with Crippen molar-refractivity contribution in [2.75, 3.05) is 0 Å². The molecule has 3 rings (SSSR count). The fourth-order valence-corrected chi connectivity index (χ4v) is 3.21. The van der Waals surface area contributed by atoms with E-state index in [1.54, 1.807) is 0 Å². The number of aromatic nitrogens is 1. The molecule has 118 valence electrons. The van der Waals surface area contributed by atoms with Crippen molar-refractivity contribution in [1.29, 1.82) is 0 Å². The molecule has 0 bridgehead atoms. The Morgan fingerprint density at radius 2 is 1.70 bits per heavy atom. The van der Waals surface area contributed by atoms with Crippen LogP contribution in [0.1, 0.15) is 29.3 Å². The van der Waals surface area contributed by atoms with Crippen molar-refractivity contribution in [2.24, 2.45) is 7.05 Å². The van der Waals surface area contributed by atoms with Gasteiger partial charge in [0.25, 0.3) is 0 Å². The maximum atomic E-state index is 14.3. The molecule has 0 aliphatic rings. The normalized spacial score (nSPS) is 11.9. The first-order chi connectivity index (χ1) is 11.2. The van der Waals surface area contributed by atoms with Crippen LogP contribution in [0.3, 0.4) is 0 Å². The molecule has 0 fully saturated rings.